The minimum absolute atomic E-state index is 0.246. The van der Waals surface area contributed by atoms with Crippen molar-refractivity contribution in [2.45, 2.75) is 105 Å². The number of esters is 2. The summed E-state index contributed by atoms with van der Waals surface area (Å²) in [6, 6.07) is 6.48. The highest BCUT2D eigenvalue weighted by molar-refractivity contribution is 5.93. The molecule has 10 atom stereocenters. The molecule has 0 unspecified atom stereocenters. The second kappa shape index (κ2) is 13.2. The molecule has 5 nitrogen and oxygen atoms in total. The van der Waals surface area contributed by atoms with Gasteiger partial charge < -0.3 is 14.2 Å². The molecule has 5 fully saturated rings. The summed E-state index contributed by atoms with van der Waals surface area (Å²) in [6.07, 6.45) is 19.5. The van der Waals surface area contributed by atoms with Crippen molar-refractivity contribution in [2.24, 2.45) is 57.7 Å². The van der Waals surface area contributed by atoms with Crippen molar-refractivity contribution >= 4 is 11.9 Å². The number of benzene rings is 1. The van der Waals surface area contributed by atoms with Gasteiger partial charge in [0, 0.05) is 5.41 Å². The zero-order valence-corrected chi connectivity index (χ0v) is 29.1. The van der Waals surface area contributed by atoms with E-state index in [-0.39, 0.29) is 18.7 Å². The summed E-state index contributed by atoms with van der Waals surface area (Å²) in [6.45, 7) is 17.0. The summed E-state index contributed by atoms with van der Waals surface area (Å²) in [7, 11) is 0. The van der Waals surface area contributed by atoms with Crippen molar-refractivity contribution in [3.8, 4) is 0 Å². The number of rotatable bonds is 13. The highest BCUT2D eigenvalue weighted by Gasteiger charge is 2.77. The number of hydrogen-bond acceptors (Lipinski definition) is 5. The summed E-state index contributed by atoms with van der Waals surface area (Å²) in [4.78, 5) is 25.0. The second-order valence-electron chi connectivity index (χ2n) is 16.4. The highest BCUT2D eigenvalue weighted by atomic mass is 16.6. The molecule has 0 radical (unpaired) electrons. The lowest BCUT2D eigenvalue weighted by atomic mass is 9.45. The summed E-state index contributed by atoms with van der Waals surface area (Å²) >= 11 is 0. The zero-order chi connectivity index (χ0) is 32.7. The zero-order valence-electron chi connectivity index (χ0n) is 29.1. The van der Waals surface area contributed by atoms with Gasteiger partial charge in [-0.25, -0.2) is 9.59 Å². The Morgan fingerprint density at radius 3 is 2.26 bits per heavy atom. The van der Waals surface area contributed by atoms with Gasteiger partial charge in [0.05, 0.1) is 30.4 Å². The fraction of sp³-hybridized carbons (Fsp3) is 0.707. The largest absolute Gasteiger partial charge is 0.462 e. The van der Waals surface area contributed by atoms with Crippen molar-refractivity contribution in [2.75, 3.05) is 19.8 Å². The molecule has 1 aromatic rings. The van der Waals surface area contributed by atoms with E-state index in [1.54, 1.807) is 30.3 Å². The maximum atomic E-state index is 12.8. The van der Waals surface area contributed by atoms with Crippen molar-refractivity contribution < 1.29 is 23.8 Å². The summed E-state index contributed by atoms with van der Waals surface area (Å²) in [5.74, 6) is 4.51. The molecular formula is C41H58O5. The monoisotopic (exact) mass is 630 g/mol. The Hall–Kier alpha value is -2.40. The lowest BCUT2D eigenvalue weighted by Crippen LogP contribution is -2.57. The van der Waals surface area contributed by atoms with Gasteiger partial charge in [0.2, 0.25) is 0 Å². The topological polar surface area (TPSA) is 61.8 Å². The van der Waals surface area contributed by atoms with Gasteiger partial charge in [-0.2, -0.15) is 0 Å². The first kappa shape index (κ1) is 33.5. The lowest BCUT2D eigenvalue weighted by Gasteiger charge is -2.61. The van der Waals surface area contributed by atoms with Gasteiger partial charge in [-0.1, -0.05) is 52.8 Å². The quantitative estimate of drug-likeness (QED) is 0.123. The van der Waals surface area contributed by atoms with Crippen LogP contribution >= 0.6 is 0 Å². The molecule has 0 bridgehead atoms. The fourth-order valence-electron chi connectivity index (χ4n) is 11.6. The summed E-state index contributed by atoms with van der Waals surface area (Å²) in [5.41, 5.74) is 1.97. The molecule has 252 valence electrons. The Labute approximate surface area is 277 Å². The number of allylic oxidation sites excluding steroid dienone is 2. The van der Waals surface area contributed by atoms with E-state index in [0.29, 0.717) is 52.9 Å². The van der Waals surface area contributed by atoms with Crippen LogP contribution in [0.2, 0.25) is 0 Å². The Kier molecular flexibility index (Phi) is 9.65. The van der Waals surface area contributed by atoms with Crippen LogP contribution < -0.4 is 0 Å². The number of carbonyl (C=O) groups excluding carboxylic acids is 2. The van der Waals surface area contributed by atoms with E-state index in [0.717, 1.165) is 35.5 Å². The van der Waals surface area contributed by atoms with Crippen LogP contribution in [0.4, 0.5) is 0 Å². The number of carbonyl (C=O) groups is 2. The minimum Gasteiger partial charge on any atom is -0.462 e. The third-order valence-electron chi connectivity index (χ3n) is 13.8. The van der Waals surface area contributed by atoms with Crippen molar-refractivity contribution in [3.05, 3.63) is 60.2 Å². The molecule has 0 heterocycles. The molecule has 0 aromatic heterocycles. The molecule has 1 aromatic carbocycles. The number of ether oxygens (including phenoxy) is 3. The Morgan fingerprint density at radius 1 is 0.913 bits per heavy atom. The van der Waals surface area contributed by atoms with E-state index < -0.39 is 5.97 Å². The SMILES string of the molecule is C=CCCOC(=O)c1ccc(C(=O)OCCO[C@@H]2C[C@H]3[C@@H]4CC[C@H]([C@H](C)/C=C/CC(C)C)[C@@]4(C)CC[C@@H]3[C@@]3(C)CC[C@@H]4C[C@]423)cc1. The van der Waals surface area contributed by atoms with Crippen LogP contribution in [0.1, 0.15) is 120 Å². The molecular weight excluding hydrogens is 572 g/mol. The first-order valence-corrected chi connectivity index (χ1v) is 18.4. The van der Waals surface area contributed by atoms with Gasteiger partial charge in [-0.05, 0) is 141 Å². The maximum absolute atomic E-state index is 12.8. The Bertz CT molecular complexity index is 1300. The third-order valence-corrected chi connectivity index (χ3v) is 13.8. The van der Waals surface area contributed by atoms with Crippen LogP contribution in [0, 0.1) is 57.7 Å². The molecule has 0 saturated heterocycles. The van der Waals surface area contributed by atoms with E-state index >= 15 is 0 Å². The Morgan fingerprint density at radius 2 is 1.61 bits per heavy atom. The van der Waals surface area contributed by atoms with Crippen LogP contribution in [0.5, 0.6) is 0 Å². The molecule has 46 heavy (non-hydrogen) atoms. The number of hydrogen-bond donors (Lipinski definition) is 0. The predicted molar refractivity (Wildman–Crippen MR) is 182 cm³/mol. The van der Waals surface area contributed by atoms with Crippen molar-refractivity contribution in [1.29, 1.82) is 0 Å². The molecule has 5 heteroatoms. The number of fused-ring (bicyclic) bond motifs is 4. The van der Waals surface area contributed by atoms with E-state index in [1.807, 2.05) is 0 Å². The third kappa shape index (κ3) is 5.81. The molecule has 1 spiro atoms. The highest BCUT2D eigenvalue weighted by Crippen LogP contribution is 2.82. The fourth-order valence-corrected chi connectivity index (χ4v) is 11.6. The van der Waals surface area contributed by atoms with Crippen LogP contribution in [0.25, 0.3) is 0 Å². The standard InChI is InChI=1S/C41H58O5/c1-7-8-22-45-37(42)29-12-14-30(15-13-29)38(43)46-24-23-44-36-25-32-34-17-16-33(28(4)11-9-10-27(2)3)39(34,5)20-19-35(32)40(6)21-18-31-26-41(31,36)40/h7,9,11-15,27-28,31-36H,1,8,10,16-26H2,2-6H3/b11-9+/t28-,31-,32+,33-,34+,35+,36-,39-,40-,41+/m1/s1. The second-order valence-corrected chi connectivity index (χ2v) is 16.4. The van der Waals surface area contributed by atoms with Crippen LogP contribution in [-0.4, -0.2) is 37.9 Å². The van der Waals surface area contributed by atoms with Crippen LogP contribution in [0.3, 0.4) is 0 Å². The first-order chi connectivity index (χ1) is 22.0. The van der Waals surface area contributed by atoms with Crippen LogP contribution in [0.15, 0.2) is 49.1 Å². The minimum atomic E-state index is -0.402. The van der Waals surface area contributed by atoms with Gasteiger partial charge in [0.15, 0.2) is 0 Å². The maximum Gasteiger partial charge on any atom is 0.338 e. The average Bonchev–Trinajstić information content (AvgIpc) is 3.55. The molecule has 5 saturated carbocycles. The van der Waals surface area contributed by atoms with Gasteiger partial charge in [0.1, 0.15) is 6.61 Å². The molecule has 5 aliphatic rings. The Balaban J connectivity index is 1.07. The van der Waals surface area contributed by atoms with Crippen molar-refractivity contribution in [3.63, 3.8) is 0 Å². The van der Waals surface area contributed by atoms with Gasteiger partial charge in [-0.3, -0.25) is 0 Å². The normalized spacial score (nSPS) is 38.0. The van der Waals surface area contributed by atoms with Crippen molar-refractivity contribution in [1.82, 2.24) is 0 Å². The van der Waals surface area contributed by atoms with E-state index in [9.17, 15) is 9.59 Å². The first-order valence-electron chi connectivity index (χ1n) is 18.4. The molecule has 5 aliphatic carbocycles. The molecule has 0 aliphatic heterocycles. The predicted octanol–water partition coefficient (Wildman–Crippen LogP) is 9.47. The van der Waals surface area contributed by atoms with Gasteiger partial charge >= 0.3 is 11.9 Å². The van der Waals surface area contributed by atoms with Gasteiger partial charge in [-0.15, -0.1) is 6.58 Å². The summed E-state index contributed by atoms with van der Waals surface area (Å²) < 4.78 is 17.7. The summed E-state index contributed by atoms with van der Waals surface area (Å²) in [5, 5.41) is 0. The molecule has 6 rings (SSSR count). The van der Waals surface area contributed by atoms with E-state index in [2.05, 4.69) is 53.3 Å². The smallest absolute Gasteiger partial charge is 0.338 e. The molecule has 0 N–H and O–H groups in total. The lowest BCUT2D eigenvalue weighted by molar-refractivity contribution is -0.170. The molecule has 0 amide bonds. The van der Waals surface area contributed by atoms with Gasteiger partial charge in [0.25, 0.3) is 0 Å². The van der Waals surface area contributed by atoms with E-state index in [1.165, 1.54) is 57.8 Å². The van der Waals surface area contributed by atoms with E-state index in [4.69, 9.17) is 14.2 Å². The average molecular weight is 631 g/mol. The van der Waals surface area contributed by atoms with Crippen LogP contribution in [-0.2, 0) is 14.2 Å².